The van der Waals surface area contributed by atoms with Crippen LogP contribution in [0.25, 0.3) is 11.8 Å². The molecule has 35 heavy (non-hydrogen) atoms. The molecule has 0 fully saturated rings. The summed E-state index contributed by atoms with van der Waals surface area (Å²) in [6.07, 6.45) is 3.31. The Labute approximate surface area is 203 Å². The lowest BCUT2D eigenvalue weighted by atomic mass is 9.83. The van der Waals surface area contributed by atoms with E-state index in [1.54, 1.807) is 28.8 Å². The fourth-order valence-electron chi connectivity index (χ4n) is 4.87. The standard InChI is InChI=1S/C28H19FN2O3S/c29-20-6-3-5-19(15-20)25-22-13-12-17-4-1-2-7-21(17)24(22)30-28-31(25)26(32)23(35-28)14-16-8-10-18(11-9-16)27(33)34/h1-11,14-15,25H,12-13H2,(H,33,34)/b23-14+. The first-order chi connectivity index (χ1) is 17.0. The molecule has 7 heteroatoms. The maximum absolute atomic E-state index is 14.3. The second-order valence-corrected chi connectivity index (χ2v) is 9.60. The van der Waals surface area contributed by atoms with Crippen molar-refractivity contribution in [2.75, 3.05) is 0 Å². The largest absolute Gasteiger partial charge is 0.478 e. The van der Waals surface area contributed by atoms with Gasteiger partial charge < -0.3 is 5.11 Å². The molecule has 2 heterocycles. The van der Waals surface area contributed by atoms with Gasteiger partial charge in [0.25, 0.3) is 5.56 Å². The zero-order valence-corrected chi connectivity index (χ0v) is 19.3. The number of benzene rings is 3. The van der Waals surface area contributed by atoms with Crippen LogP contribution < -0.4 is 14.9 Å². The SMILES string of the molecule is O=C(O)c1ccc(/C=c2/sc3n(c2=O)C(c2cccc(F)c2)C2=C(N=3)c3ccccc3CC2)cc1. The molecular formula is C28H19FN2O3S. The molecule has 1 N–H and O–H groups in total. The van der Waals surface area contributed by atoms with Crippen LogP contribution in [0.1, 0.15) is 45.1 Å². The Kier molecular flexibility index (Phi) is 5.07. The van der Waals surface area contributed by atoms with Crippen LogP contribution in [0.3, 0.4) is 0 Å². The van der Waals surface area contributed by atoms with E-state index in [1.807, 2.05) is 24.3 Å². The van der Waals surface area contributed by atoms with E-state index in [4.69, 9.17) is 10.1 Å². The number of fused-ring (bicyclic) bond motifs is 3. The van der Waals surface area contributed by atoms with Gasteiger partial charge in [-0.3, -0.25) is 9.36 Å². The van der Waals surface area contributed by atoms with Crippen molar-refractivity contribution in [1.82, 2.24) is 4.57 Å². The number of hydrogen-bond donors (Lipinski definition) is 1. The van der Waals surface area contributed by atoms with Crippen LogP contribution in [0, 0.1) is 5.82 Å². The number of carboxylic acid groups (broad SMARTS) is 1. The zero-order valence-electron chi connectivity index (χ0n) is 18.4. The highest BCUT2D eigenvalue weighted by Crippen LogP contribution is 2.41. The van der Waals surface area contributed by atoms with E-state index < -0.39 is 12.0 Å². The zero-order chi connectivity index (χ0) is 24.1. The lowest BCUT2D eigenvalue weighted by Gasteiger charge is -2.30. The number of carboxylic acids is 1. The van der Waals surface area contributed by atoms with E-state index in [0.717, 1.165) is 35.2 Å². The molecule has 1 unspecified atom stereocenters. The third-order valence-electron chi connectivity index (χ3n) is 6.49. The molecule has 1 aliphatic heterocycles. The molecule has 0 bridgehead atoms. The predicted octanol–water partition coefficient (Wildman–Crippen LogP) is 4.16. The van der Waals surface area contributed by atoms with Crippen molar-refractivity contribution in [1.29, 1.82) is 0 Å². The van der Waals surface area contributed by atoms with Crippen molar-refractivity contribution in [3.8, 4) is 0 Å². The Hall–Kier alpha value is -4.10. The number of aromatic nitrogens is 1. The van der Waals surface area contributed by atoms with Crippen LogP contribution in [-0.4, -0.2) is 15.6 Å². The molecule has 6 rings (SSSR count). The van der Waals surface area contributed by atoms with Gasteiger partial charge in [0, 0.05) is 5.56 Å². The molecule has 1 atom stereocenters. The topological polar surface area (TPSA) is 71.7 Å². The Balaban J connectivity index is 1.58. The minimum Gasteiger partial charge on any atom is -0.478 e. The molecule has 1 aliphatic carbocycles. The highest BCUT2D eigenvalue weighted by atomic mass is 32.1. The van der Waals surface area contributed by atoms with Crippen LogP contribution in [0.15, 0.2) is 88.2 Å². The Bertz CT molecular complexity index is 1710. The number of allylic oxidation sites excluding steroid dienone is 1. The van der Waals surface area contributed by atoms with Gasteiger partial charge in [0.1, 0.15) is 5.82 Å². The quantitative estimate of drug-likeness (QED) is 0.477. The fourth-order valence-corrected chi connectivity index (χ4v) is 5.87. The number of aromatic carboxylic acids is 1. The van der Waals surface area contributed by atoms with E-state index in [9.17, 15) is 14.0 Å². The van der Waals surface area contributed by atoms with E-state index in [1.165, 1.54) is 41.2 Å². The summed E-state index contributed by atoms with van der Waals surface area (Å²) in [7, 11) is 0. The van der Waals surface area contributed by atoms with Crippen LogP contribution in [0.4, 0.5) is 4.39 Å². The number of carbonyl (C=O) groups is 1. The molecule has 1 aromatic heterocycles. The van der Waals surface area contributed by atoms with Gasteiger partial charge in [-0.25, -0.2) is 14.2 Å². The minimum absolute atomic E-state index is 0.182. The summed E-state index contributed by atoms with van der Waals surface area (Å²) in [5, 5.41) is 9.14. The van der Waals surface area contributed by atoms with Crippen LogP contribution in [0.2, 0.25) is 0 Å². The van der Waals surface area contributed by atoms with Gasteiger partial charge in [0.05, 0.1) is 21.8 Å². The van der Waals surface area contributed by atoms with Gasteiger partial charge in [0.15, 0.2) is 4.80 Å². The summed E-state index contributed by atoms with van der Waals surface area (Å²) >= 11 is 1.28. The number of nitrogens with zero attached hydrogens (tertiary/aromatic N) is 2. The first kappa shape index (κ1) is 21.4. The van der Waals surface area contributed by atoms with Crippen molar-refractivity contribution in [2.45, 2.75) is 18.9 Å². The molecule has 4 aromatic rings. The van der Waals surface area contributed by atoms with E-state index in [2.05, 4.69) is 6.07 Å². The second-order valence-electron chi connectivity index (χ2n) is 8.60. The second kappa shape index (κ2) is 8.29. The Morgan fingerprint density at radius 2 is 1.86 bits per heavy atom. The monoisotopic (exact) mass is 482 g/mol. The first-order valence-corrected chi connectivity index (χ1v) is 12.0. The summed E-state index contributed by atoms with van der Waals surface area (Å²) < 4.78 is 16.4. The molecular weight excluding hydrogens is 463 g/mol. The normalized spacial score (nSPS) is 16.8. The number of halogens is 1. The van der Waals surface area contributed by atoms with Gasteiger partial charge in [-0.1, -0.05) is 59.9 Å². The summed E-state index contributed by atoms with van der Waals surface area (Å²) in [5.41, 5.74) is 5.56. The average molecular weight is 483 g/mol. The van der Waals surface area contributed by atoms with Crippen LogP contribution >= 0.6 is 11.3 Å². The highest BCUT2D eigenvalue weighted by Gasteiger charge is 2.32. The maximum Gasteiger partial charge on any atom is 0.335 e. The summed E-state index contributed by atoms with van der Waals surface area (Å²) in [6.45, 7) is 0. The summed E-state index contributed by atoms with van der Waals surface area (Å²) in [6, 6.07) is 20.5. The minimum atomic E-state index is -1.00. The van der Waals surface area contributed by atoms with Crippen molar-refractivity contribution in [3.63, 3.8) is 0 Å². The molecule has 172 valence electrons. The number of rotatable bonds is 3. The average Bonchev–Trinajstić information content (AvgIpc) is 3.17. The van der Waals surface area contributed by atoms with Crippen molar-refractivity contribution >= 4 is 29.1 Å². The lowest BCUT2D eigenvalue weighted by molar-refractivity contribution is 0.0697. The van der Waals surface area contributed by atoms with Crippen LogP contribution in [-0.2, 0) is 6.42 Å². The molecule has 0 spiro atoms. The molecule has 0 saturated carbocycles. The third kappa shape index (κ3) is 3.65. The number of thiazole rings is 1. The Morgan fingerprint density at radius 1 is 1.06 bits per heavy atom. The first-order valence-electron chi connectivity index (χ1n) is 11.2. The fraction of sp³-hybridized carbons (Fsp3) is 0.107. The highest BCUT2D eigenvalue weighted by molar-refractivity contribution is 7.07. The molecule has 0 saturated heterocycles. The molecule has 0 radical (unpaired) electrons. The van der Waals surface area contributed by atoms with Gasteiger partial charge in [0.2, 0.25) is 0 Å². The van der Waals surface area contributed by atoms with Crippen molar-refractivity contribution in [3.05, 3.63) is 132 Å². The van der Waals surface area contributed by atoms with Gasteiger partial charge in [-0.2, -0.15) is 0 Å². The summed E-state index contributed by atoms with van der Waals surface area (Å²) in [4.78, 5) is 30.3. The number of aryl methyl sites for hydroxylation is 1. The molecule has 5 nitrogen and oxygen atoms in total. The molecule has 0 amide bonds. The van der Waals surface area contributed by atoms with Crippen molar-refractivity contribution < 1.29 is 14.3 Å². The predicted molar refractivity (Wildman–Crippen MR) is 133 cm³/mol. The smallest absolute Gasteiger partial charge is 0.335 e. The number of hydrogen-bond acceptors (Lipinski definition) is 4. The summed E-state index contributed by atoms with van der Waals surface area (Å²) in [5.74, 6) is -1.35. The van der Waals surface area contributed by atoms with Crippen molar-refractivity contribution in [2.24, 2.45) is 4.99 Å². The van der Waals surface area contributed by atoms with E-state index in [-0.39, 0.29) is 16.9 Å². The Morgan fingerprint density at radius 3 is 2.63 bits per heavy atom. The lowest BCUT2D eigenvalue weighted by Crippen LogP contribution is -2.38. The van der Waals surface area contributed by atoms with Gasteiger partial charge in [-0.05, 0) is 65.4 Å². The third-order valence-corrected chi connectivity index (χ3v) is 7.48. The van der Waals surface area contributed by atoms with Gasteiger partial charge in [-0.15, -0.1) is 0 Å². The maximum atomic E-state index is 14.3. The van der Waals surface area contributed by atoms with Gasteiger partial charge >= 0.3 is 5.97 Å². The molecule has 2 aliphatic rings. The van der Waals surface area contributed by atoms with E-state index >= 15 is 0 Å². The molecule has 3 aromatic carbocycles. The van der Waals surface area contributed by atoms with Crippen LogP contribution in [0.5, 0.6) is 0 Å². The van der Waals surface area contributed by atoms with E-state index in [0.29, 0.717) is 14.9 Å².